The molecular formula is C23H27N3O3S. The normalized spacial score (nSPS) is 15.5. The van der Waals surface area contributed by atoms with Crippen molar-refractivity contribution in [2.75, 3.05) is 19.6 Å². The van der Waals surface area contributed by atoms with Crippen molar-refractivity contribution in [2.24, 2.45) is 5.92 Å². The molecule has 6 nitrogen and oxygen atoms in total. The van der Waals surface area contributed by atoms with Crippen molar-refractivity contribution in [2.45, 2.75) is 37.5 Å². The number of carbonyl (C=O) groups is 1. The van der Waals surface area contributed by atoms with E-state index in [-0.39, 0.29) is 10.8 Å². The van der Waals surface area contributed by atoms with Crippen molar-refractivity contribution in [1.29, 1.82) is 5.26 Å². The second kappa shape index (κ2) is 9.88. The summed E-state index contributed by atoms with van der Waals surface area (Å²) in [6, 6.07) is 16.6. The molecule has 3 rings (SSSR count). The zero-order chi connectivity index (χ0) is 21.6. The van der Waals surface area contributed by atoms with E-state index in [9.17, 15) is 13.2 Å². The third kappa shape index (κ3) is 5.68. The van der Waals surface area contributed by atoms with Crippen molar-refractivity contribution in [3.05, 3.63) is 65.2 Å². The fourth-order valence-electron chi connectivity index (χ4n) is 3.76. The lowest BCUT2D eigenvalue weighted by Crippen LogP contribution is -2.38. The first-order valence-electron chi connectivity index (χ1n) is 10.2. The summed E-state index contributed by atoms with van der Waals surface area (Å²) in [7, 11) is -3.51. The van der Waals surface area contributed by atoms with Gasteiger partial charge in [-0.2, -0.15) is 9.57 Å². The Kier molecular flexibility index (Phi) is 7.24. The van der Waals surface area contributed by atoms with Gasteiger partial charge in [-0.3, -0.25) is 4.79 Å². The van der Waals surface area contributed by atoms with Gasteiger partial charge in [-0.25, -0.2) is 8.42 Å². The minimum Gasteiger partial charge on any atom is -0.356 e. The zero-order valence-electron chi connectivity index (χ0n) is 17.2. The van der Waals surface area contributed by atoms with E-state index in [2.05, 4.69) is 29.6 Å². The fourth-order valence-corrected chi connectivity index (χ4v) is 5.23. The van der Waals surface area contributed by atoms with Crippen LogP contribution in [-0.2, 0) is 27.7 Å². The van der Waals surface area contributed by atoms with Crippen LogP contribution >= 0.6 is 0 Å². The van der Waals surface area contributed by atoms with Crippen LogP contribution in [0.5, 0.6) is 0 Å². The van der Waals surface area contributed by atoms with Gasteiger partial charge in [0.25, 0.3) is 0 Å². The molecule has 1 aliphatic heterocycles. The number of hydrogen-bond donors (Lipinski definition) is 1. The number of nitriles is 1. The summed E-state index contributed by atoms with van der Waals surface area (Å²) in [5.74, 6) is 0.446. The number of rotatable bonds is 7. The Morgan fingerprint density at radius 2 is 1.67 bits per heavy atom. The summed E-state index contributed by atoms with van der Waals surface area (Å²) in [6.45, 7) is 3.19. The quantitative estimate of drug-likeness (QED) is 0.739. The molecule has 0 aromatic heterocycles. The minimum absolute atomic E-state index is 0.0147. The Balaban J connectivity index is 1.51. The van der Waals surface area contributed by atoms with E-state index in [0.717, 1.165) is 25.7 Å². The summed E-state index contributed by atoms with van der Waals surface area (Å²) in [4.78, 5) is 11.2. The Bertz CT molecular complexity index is 1000. The lowest BCUT2D eigenvalue weighted by molar-refractivity contribution is -0.118. The topological polar surface area (TPSA) is 90.3 Å². The van der Waals surface area contributed by atoms with Gasteiger partial charge in [-0.1, -0.05) is 24.3 Å². The maximum Gasteiger partial charge on any atom is 0.243 e. The largest absolute Gasteiger partial charge is 0.356 e. The lowest BCUT2D eigenvalue weighted by Gasteiger charge is -2.31. The average molecular weight is 426 g/mol. The number of nitrogens with zero attached hydrogens (tertiary/aromatic N) is 2. The molecule has 7 heteroatoms. The molecule has 0 saturated carbocycles. The third-order valence-corrected chi connectivity index (χ3v) is 7.44. The van der Waals surface area contributed by atoms with Crippen LogP contribution in [0.4, 0.5) is 0 Å². The van der Waals surface area contributed by atoms with Crippen LogP contribution in [0.3, 0.4) is 0 Å². The summed E-state index contributed by atoms with van der Waals surface area (Å²) < 4.78 is 27.2. The summed E-state index contributed by atoms with van der Waals surface area (Å²) in [5.41, 5.74) is 2.90. The number of nitrogens with one attached hydrogen (secondary N) is 1. The molecule has 1 N–H and O–H groups in total. The maximum atomic E-state index is 12.8. The summed E-state index contributed by atoms with van der Waals surface area (Å²) >= 11 is 0. The standard InChI is InChI=1S/C23H27N3O3S/c1-18(27)25-13-10-19-2-4-20(5-3-19)16-21-11-14-26(15-12-21)30(28,29)23-8-6-22(17-24)7-9-23/h2-9,21H,10-16H2,1H3,(H,25,27). The molecule has 0 atom stereocenters. The minimum atomic E-state index is -3.51. The Hall–Kier alpha value is -2.69. The van der Waals surface area contributed by atoms with Gasteiger partial charge >= 0.3 is 0 Å². The van der Waals surface area contributed by atoms with Gasteiger partial charge in [0.05, 0.1) is 16.5 Å². The highest BCUT2D eigenvalue weighted by atomic mass is 32.2. The fraction of sp³-hybridized carbons (Fsp3) is 0.391. The van der Waals surface area contributed by atoms with E-state index in [1.165, 1.54) is 30.2 Å². The highest BCUT2D eigenvalue weighted by molar-refractivity contribution is 7.89. The van der Waals surface area contributed by atoms with Crippen LogP contribution in [-0.4, -0.2) is 38.3 Å². The number of amides is 1. The van der Waals surface area contributed by atoms with Gasteiger partial charge in [0.2, 0.25) is 15.9 Å². The molecule has 1 fully saturated rings. The lowest BCUT2D eigenvalue weighted by atomic mass is 9.90. The van der Waals surface area contributed by atoms with E-state index >= 15 is 0 Å². The molecule has 158 valence electrons. The Morgan fingerprint density at radius 3 is 2.23 bits per heavy atom. The maximum absolute atomic E-state index is 12.8. The number of hydrogen-bond acceptors (Lipinski definition) is 4. The molecule has 30 heavy (non-hydrogen) atoms. The van der Waals surface area contributed by atoms with Gasteiger partial charge in [0, 0.05) is 26.6 Å². The van der Waals surface area contributed by atoms with Crippen molar-refractivity contribution in [3.8, 4) is 6.07 Å². The molecule has 0 aliphatic carbocycles. The van der Waals surface area contributed by atoms with Crippen LogP contribution in [0, 0.1) is 17.2 Å². The van der Waals surface area contributed by atoms with E-state index < -0.39 is 10.0 Å². The smallest absolute Gasteiger partial charge is 0.243 e. The molecule has 0 unspecified atom stereocenters. The highest BCUT2D eigenvalue weighted by Crippen LogP contribution is 2.26. The van der Waals surface area contributed by atoms with Crippen LogP contribution < -0.4 is 5.32 Å². The molecule has 2 aromatic carbocycles. The van der Waals surface area contributed by atoms with Crippen molar-refractivity contribution in [3.63, 3.8) is 0 Å². The van der Waals surface area contributed by atoms with Crippen LogP contribution in [0.2, 0.25) is 0 Å². The highest BCUT2D eigenvalue weighted by Gasteiger charge is 2.29. The zero-order valence-corrected chi connectivity index (χ0v) is 18.0. The first-order chi connectivity index (χ1) is 14.4. The average Bonchev–Trinajstić information content (AvgIpc) is 2.75. The SMILES string of the molecule is CC(=O)NCCc1ccc(CC2CCN(S(=O)(=O)c3ccc(C#N)cc3)CC2)cc1. The van der Waals surface area contributed by atoms with Gasteiger partial charge in [-0.05, 0) is 67.0 Å². The Labute approximate surface area is 178 Å². The first kappa shape index (κ1) is 22.0. The molecular weight excluding hydrogens is 398 g/mol. The van der Waals surface area contributed by atoms with E-state index in [1.807, 2.05) is 6.07 Å². The molecule has 1 saturated heterocycles. The summed E-state index contributed by atoms with van der Waals surface area (Å²) in [6.07, 6.45) is 3.42. The van der Waals surface area contributed by atoms with Crippen LogP contribution in [0.1, 0.15) is 36.5 Å². The van der Waals surface area contributed by atoms with Crippen molar-refractivity contribution < 1.29 is 13.2 Å². The first-order valence-corrected chi connectivity index (χ1v) is 11.6. The molecule has 1 amide bonds. The second-order valence-corrected chi connectivity index (χ2v) is 9.68. The second-order valence-electron chi connectivity index (χ2n) is 7.74. The van der Waals surface area contributed by atoms with E-state index in [1.54, 1.807) is 16.4 Å². The molecule has 2 aromatic rings. The summed E-state index contributed by atoms with van der Waals surface area (Å²) in [5, 5.41) is 11.7. The monoisotopic (exact) mass is 425 g/mol. The van der Waals surface area contributed by atoms with Crippen LogP contribution in [0.25, 0.3) is 0 Å². The predicted molar refractivity (Wildman–Crippen MR) is 115 cm³/mol. The third-order valence-electron chi connectivity index (χ3n) is 5.53. The van der Waals surface area contributed by atoms with Crippen LogP contribution in [0.15, 0.2) is 53.4 Å². The molecule has 0 radical (unpaired) electrons. The van der Waals surface area contributed by atoms with Crippen molar-refractivity contribution >= 4 is 15.9 Å². The van der Waals surface area contributed by atoms with Gasteiger partial charge < -0.3 is 5.32 Å². The predicted octanol–water partition coefficient (Wildman–Crippen LogP) is 2.88. The van der Waals surface area contributed by atoms with E-state index in [4.69, 9.17) is 5.26 Å². The number of piperidine rings is 1. The molecule has 1 heterocycles. The number of sulfonamides is 1. The van der Waals surface area contributed by atoms with Gasteiger partial charge in [-0.15, -0.1) is 0 Å². The number of benzene rings is 2. The number of carbonyl (C=O) groups excluding carboxylic acids is 1. The Morgan fingerprint density at radius 1 is 1.07 bits per heavy atom. The molecule has 0 spiro atoms. The van der Waals surface area contributed by atoms with Gasteiger partial charge in [0.1, 0.15) is 0 Å². The molecule has 1 aliphatic rings. The van der Waals surface area contributed by atoms with Crippen molar-refractivity contribution in [1.82, 2.24) is 9.62 Å². The molecule has 0 bridgehead atoms. The van der Waals surface area contributed by atoms with Gasteiger partial charge in [0.15, 0.2) is 0 Å². The van der Waals surface area contributed by atoms with E-state index in [0.29, 0.717) is 31.1 Å².